The zero-order chi connectivity index (χ0) is 11.4. The number of nitrogens with one attached hydrogen (secondary N) is 1. The lowest BCUT2D eigenvalue weighted by molar-refractivity contribution is 0.311. The summed E-state index contributed by atoms with van der Waals surface area (Å²) in [6, 6.07) is 2.45. The number of hydrogen-bond donors (Lipinski definition) is 1. The fraction of sp³-hybridized carbons (Fsp3) is 1.00. The van der Waals surface area contributed by atoms with E-state index in [0.717, 1.165) is 18.1 Å². The molecule has 2 unspecified atom stereocenters. The molecule has 1 aliphatic carbocycles. The van der Waals surface area contributed by atoms with Crippen molar-refractivity contribution >= 4 is 0 Å². The molecule has 2 nitrogen and oxygen atoms in total. The molecule has 94 valence electrons. The normalized spacial score (nSPS) is 28.5. The van der Waals surface area contributed by atoms with E-state index in [1.54, 1.807) is 0 Å². The predicted octanol–water partition coefficient (Wildman–Crippen LogP) is 2.78. The minimum atomic E-state index is 0.718. The van der Waals surface area contributed by atoms with Crippen LogP contribution in [0.3, 0.4) is 0 Å². The van der Waals surface area contributed by atoms with Gasteiger partial charge in [-0.25, -0.2) is 0 Å². The van der Waals surface area contributed by atoms with Gasteiger partial charge in [-0.3, -0.25) is 4.90 Å². The number of hydrogen-bond acceptors (Lipinski definition) is 2. The molecule has 2 rings (SSSR count). The average Bonchev–Trinajstić information content (AvgIpc) is 3.01. The summed E-state index contributed by atoms with van der Waals surface area (Å²) >= 11 is 0. The van der Waals surface area contributed by atoms with Crippen molar-refractivity contribution < 1.29 is 0 Å². The summed E-state index contributed by atoms with van der Waals surface area (Å²) in [5.41, 5.74) is 0. The molecule has 1 saturated heterocycles. The van der Waals surface area contributed by atoms with Gasteiger partial charge in [0.25, 0.3) is 0 Å². The van der Waals surface area contributed by atoms with Gasteiger partial charge >= 0.3 is 0 Å². The molecule has 2 aliphatic rings. The molecule has 0 aromatic rings. The highest BCUT2D eigenvalue weighted by molar-refractivity contribution is 4.92. The first-order valence-corrected chi connectivity index (χ1v) is 7.29. The van der Waals surface area contributed by atoms with Crippen LogP contribution in [0.15, 0.2) is 0 Å². The fourth-order valence-corrected chi connectivity index (χ4v) is 2.88. The highest BCUT2D eigenvalue weighted by Gasteiger charge is 2.34. The second kappa shape index (κ2) is 6.02. The van der Waals surface area contributed by atoms with Gasteiger partial charge < -0.3 is 5.32 Å². The van der Waals surface area contributed by atoms with Crippen LogP contribution in [-0.2, 0) is 0 Å². The van der Waals surface area contributed by atoms with Crippen LogP contribution in [0.5, 0.6) is 0 Å². The first kappa shape index (κ1) is 12.4. The number of unbranched alkanes of at least 4 members (excludes halogenated alkanes) is 2. The van der Waals surface area contributed by atoms with Crippen molar-refractivity contribution in [2.24, 2.45) is 0 Å². The molecule has 2 fully saturated rings. The second-order valence-electron chi connectivity index (χ2n) is 5.78. The topological polar surface area (TPSA) is 15.3 Å². The van der Waals surface area contributed by atoms with E-state index in [2.05, 4.69) is 24.1 Å². The van der Waals surface area contributed by atoms with Crippen LogP contribution in [0.25, 0.3) is 0 Å². The monoisotopic (exact) mass is 224 g/mol. The minimum absolute atomic E-state index is 0.718. The van der Waals surface area contributed by atoms with Crippen LogP contribution in [0.2, 0.25) is 0 Å². The van der Waals surface area contributed by atoms with E-state index in [-0.39, 0.29) is 0 Å². The van der Waals surface area contributed by atoms with E-state index in [9.17, 15) is 0 Å². The van der Waals surface area contributed by atoms with Crippen molar-refractivity contribution in [2.45, 2.75) is 76.9 Å². The highest BCUT2D eigenvalue weighted by Crippen LogP contribution is 2.29. The standard InChI is InChI=1S/C14H28N2/c1-3-4-5-6-12(2)15-13-9-10-16(11-13)14-7-8-14/h12-15H,3-11H2,1-2H3. The summed E-state index contributed by atoms with van der Waals surface area (Å²) < 4.78 is 0. The van der Waals surface area contributed by atoms with Gasteiger partial charge in [-0.2, -0.15) is 0 Å². The van der Waals surface area contributed by atoms with Gasteiger partial charge in [-0.1, -0.05) is 26.2 Å². The van der Waals surface area contributed by atoms with Crippen molar-refractivity contribution in [2.75, 3.05) is 13.1 Å². The van der Waals surface area contributed by atoms with Gasteiger partial charge in [0.05, 0.1) is 0 Å². The molecular weight excluding hydrogens is 196 g/mol. The molecule has 2 heteroatoms. The van der Waals surface area contributed by atoms with Crippen LogP contribution in [0.4, 0.5) is 0 Å². The van der Waals surface area contributed by atoms with Gasteiger partial charge in [-0.05, 0) is 32.6 Å². The minimum Gasteiger partial charge on any atom is -0.310 e. The third kappa shape index (κ3) is 3.74. The van der Waals surface area contributed by atoms with Gasteiger partial charge in [0.1, 0.15) is 0 Å². The van der Waals surface area contributed by atoms with Crippen LogP contribution < -0.4 is 5.32 Å². The summed E-state index contributed by atoms with van der Waals surface area (Å²) in [5, 5.41) is 3.81. The summed E-state index contributed by atoms with van der Waals surface area (Å²) in [5.74, 6) is 0. The summed E-state index contributed by atoms with van der Waals surface area (Å²) in [6.07, 6.45) is 9.76. The Morgan fingerprint density at radius 1 is 1.25 bits per heavy atom. The molecule has 1 heterocycles. The molecular formula is C14H28N2. The van der Waals surface area contributed by atoms with E-state index < -0.39 is 0 Å². The third-order valence-corrected chi connectivity index (χ3v) is 4.04. The van der Waals surface area contributed by atoms with Gasteiger partial charge in [-0.15, -0.1) is 0 Å². The molecule has 1 aliphatic heterocycles. The Bertz CT molecular complexity index is 201. The lowest BCUT2D eigenvalue weighted by Gasteiger charge is -2.20. The Labute approximate surface area is 101 Å². The fourth-order valence-electron chi connectivity index (χ4n) is 2.88. The van der Waals surface area contributed by atoms with Crippen molar-refractivity contribution in [1.29, 1.82) is 0 Å². The van der Waals surface area contributed by atoms with Crippen LogP contribution >= 0.6 is 0 Å². The molecule has 0 aromatic heterocycles. The summed E-state index contributed by atoms with van der Waals surface area (Å²) in [7, 11) is 0. The summed E-state index contributed by atoms with van der Waals surface area (Å²) in [6.45, 7) is 7.28. The molecule has 0 spiro atoms. The molecule has 0 aromatic carbocycles. The maximum Gasteiger partial charge on any atom is 0.0209 e. The zero-order valence-corrected chi connectivity index (χ0v) is 11.0. The van der Waals surface area contributed by atoms with E-state index in [1.807, 2.05) is 0 Å². The Hall–Kier alpha value is -0.0800. The Morgan fingerprint density at radius 3 is 2.75 bits per heavy atom. The number of likely N-dealkylation sites (tertiary alicyclic amines) is 1. The van der Waals surface area contributed by atoms with Crippen molar-refractivity contribution in [3.05, 3.63) is 0 Å². The van der Waals surface area contributed by atoms with Gasteiger partial charge in [0.2, 0.25) is 0 Å². The molecule has 0 amide bonds. The van der Waals surface area contributed by atoms with Crippen molar-refractivity contribution in [1.82, 2.24) is 10.2 Å². The smallest absolute Gasteiger partial charge is 0.0209 e. The molecule has 1 N–H and O–H groups in total. The van der Waals surface area contributed by atoms with E-state index in [0.29, 0.717) is 0 Å². The van der Waals surface area contributed by atoms with Crippen LogP contribution in [0, 0.1) is 0 Å². The van der Waals surface area contributed by atoms with Crippen LogP contribution in [-0.4, -0.2) is 36.1 Å². The molecule has 16 heavy (non-hydrogen) atoms. The molecule has 0 bridgehead atoms. The SMILES string of the molecule is CCCCCC(C)NC1CCN(C2CC2)C1. The van der Waals surface area contributed by atoms with Crippen molar-refractivity contribution in [3.8, 4) is 0 Å². The second-order valence-corrected chi connectivity index (χ2v) is 5.78. The Balaban J connectivity index is 1.58. The predicted molar refractivity (Wildman–Crippen MR) is 69.7 cm³/mol. The Morgan fingerprint density at radius 2 is 2.06 bits per heavy atom. The molecule has 1 saturated carbocycles. The third-order valence-electron chi connectivity index (χ3n) is 4.04. The summed E-state index contributed by atoms with van der Waals surface area (Å²) in [4.78, 5) is 2.69. The number of rotatable bonds is 7. The van der Waals surface area contributed by atoms with E-state index >= 15 is 0 Å². The van der Waals surface area contributed by atoms with Gasteiger partial charge in [0.15, 0.2) is 0 Å². The first-order chi connectivity index (χ1) is 7.79. The van der Waals surface area contributed by atoms with E-state index in [1.165, 1.54) is 58.0 Å². The van der Waals surface area contributed by atoms with Crippen LogP contribution in [0.1, 0.15) is 58.8 Å². The lowest BCUT2D eigenvalue weighted by atomic mass is 10.1. The maximum absolute atomic E-state index is 3.81. The Kier molecular flexibility index (Phi) is 4.66. The van der Waals surface area contributed by atoms with E-state index in [4.69, 9.17) is 0 Å². The van der Waals surface area contributed by atoms with Gasteiger partial charge in [0, 0.05) is 31.2 Å². The lowest BCUT2D eigenvalue weighted by Crippen LogP contribution is -2.38. The first-order valence-electron chi connectivity index (χ1n) is 7.29. The number of nitrogens with zero attached hydrogens (tertiary/aromatic N) is 1. The van der Waals surface area contributed by atoms with Crippen molar-refractivity contribution in [3.63, 3.8) is 0 Å². The maximum atomic E-state index is 3.81. The largest absolute Gasteiger partial charge is 0.310 e. The molecule has 0 radical (unpaired) electrons. The zero-order valence-electron chi connectivity index (χ0n) is 11.0. The molecule has 2 atom stereocenters. The average molecular weight is 224 g/mol. The highest BCUT2D eigenvalue weighted by atomic mass is 15.2. The quantitative estimate of drug-likeness (QED) is 0.669.